The molecule has 6 nitrogen and oxygen atoms in total. The lowest BCUT2D eigenvalue weighted by Gasteiger charge is -2.35. The van der Waals surface area contributed by atoms with Crippen molar-refractivity contribution in [3.8, 4) is 5.75 Å². The highest BCUT2D eigenvalue weighted by atomic mass is 16.5. The van der Waals surface area contributed by atoms with Crippen LogP contribution in [0.5, 0.6) is 5.75 Å². The molecular formula is C19H23N3O3. The Morgan fingerprint density at radius 1 is 1.28 bits per heavy atom. The fourth-order valence-corrected chi connectivity index (χ4v) is 3.11. The topological polar surface area (TPSA) is 84.3 Å². The minimum Gasteiger partial charge on any atom is -0.488 e. The molecule has 0 aliphatic heterocycles. The molecule has 0 saturated heterocycles. The van der Waals surface area contributed by atoms with Gasteiger partial charge in [-0.05, 0) is 44.4 Å². The van der Waals surface area contributed by atoms with Crippen molar-refractivity contribution < 1.29 is 14.6 Å². The summed E-state index contributed by atoms with van der Waals surface area (Å²) in [6.07, 6.45) is 4.64. The van der Waals surface area contributed by atoms with Crippen molar-refractivity contribution >= 4 is 5.91 Å². The highest BCUT2D eigenvalue weighted by Gasteiger charge is 2.33. The first kappa shape index (κ1) is 17.4. The number of aliphatic hydroxyl groups excluding tert-OH is 1. The van der Waals surface area contributed by atoms with Crippen LogP contribution < -0.4 is 10.1 Å². The van der Waals surface area contributed by atoms with Crippen LogP contribution in [0.1, 0.15) is 35.3 Å². The van der Waals surface area contributed by atoms with Gasteiger partial charge in [-0.3, -0.25) is 4.79 Å². The van der Waals surface area contributed by atoms with Crippen molar-refractivity contribution in [1.29, 1.82) is 0 Å². The van der Waals surface area contributed by atoms with Crippen molar-refractivity contribution in [3.63, 3.8) is 0 Å². The normalized spacial score (nSPS) is 23.0. The summed E-state index contributed by atoms with van der Waals surface area (Å²) in [6.45, 7) is 2.42. The maximum Gasteiger partial charge on any atom is 0.270 e. The molecule has 0 radical (unpaired) electrons. The average Bonchev–Trinajstić information content (AvgIpc) is 2.64. The third kappa shape index (κ3) is 4.54. The first-order valence-electron chi connectivity index (χ1n) is 8.59. The van der Waals surface area contributed by atoms with E-state index in [1.807, 2.05) is 31.2 Å². The Bertz CT molecular complexity index is 691. The monoisotopic (exact) mass is 341 g/mol. The number of benzene rings is 1. The first-order valence-corrected chi connectivity index (χ1v) is 8.59. The van der Waals surface area contributed by atoms with E-state index in [2.05, 4.69) is 15.3 Å². The molecule has 1 aromatic carbocycles. The highest BCUT2D eigenvalue weighted by Crippen LogP contribution is 2.28. The maximum atomic E-state index is 12.1. The fraction of sp³-hybridized carbons (Fsp3) is 0.421. The number of hydrogen-bond acceptors (Lipinski definition) is 5. The average molecular weight is 341 g/mol. The molecule has 1 aromatic heterocycles. The molecule has 6 heteroatoms. The van der Waals surface area contributed by atoms with Crippen molar-refractivity contribution in [2.45, 2.75) is 38.4 Å². The molecule has 0 unspecified atom stereocenters. The molecular weight excluding hydrogens is 318 g/mol. The van der Waals surface area contributed by atoms with Crippen LogP contribution in [-0.4, -0.2) is 39.7 Å². The lowest BCUT2D eigenvalue weighted by atomic mass is 9.84. The highest BCUT2D eigenvalue weighted by molar-refractivity contribution is 5.92. The summed E-state index contributed by atoms with van der Waals surface area (Å²) in [4.78, 5) is 19.8. The van der Waals surface area contributed by atoms with Crippen LogP contribution in [0.15, 0.2) is 42.9 Å². The predicted octanol–water partition coefficient (Wildman–Crippen LogP) is 2.12. The van der Waals surface area contributed by atoms with Gasteiger partial charge >= 0.3 is 0 Å². The molecule has 1 aliphatic rings. The number of aromatic nitrogens is 2. The summed E-state index contributed by atoms with van der Waals surface area (Å²) in [7, 11) is 0. The van der Waals surface area contributed by atoms with Gasteiger partial charge in [-0.15, -0.1) is 0 Å². The fourth-order valence-electron chi connectivity index (χ4n) is 3.11. The SMILES string of the molecule is Cc1ccc(O[C@@H]2CCC[C@H](CNC(=O)c3ccncn3)[C@H]2O)cc1. The summed E-state index contributed by atoms with van der Waals surface area (Å²) < 4.78 is 5.96. The Balaban J connectivity index is 1.55. The molecule has 0 bridgehead atoms. The molecule has 1 aliphatic carbocycles. The molecule has 132 valence electrons. The Morgan fingerprint density at radius 2 is 2.08 bits per heavy atom. The van der Waals surface area contributed by atoms with Crippen molar-refractivity contribution in [2.24, 2.45) is 5.92 Å². The van der Waals surface area contributed by atoms with Gasteiger partial charge in [0.1, 0.15) is 23.9 Å². The Labute approximate surface area is 147 Å². The van der Waals surface area contributed by atoms with E-state index in [1.165, 1.54) is 18.1 Å². The number of carbonyl (C=O) groups is 1. The molecule has 0 spiro atoms. The number of aliphatic hydroxyl groups is 1. The predicted molar refractivity (Wildman–Crippen MR) is 93.3 cm³/mol. The van der Waals surface area contributed by atoms with Gasteiger partial charge in [-0.2, -0.15) is 0 Å². The number of ether oxygens (including phenoxy) is 1. The standard InChI is InChI=1S/C19H23N3O3/c1-13-5-7-15(8-6-13)25-17-4-2-3-14(18(17)23)11-21-19(24)16-9-10-20-12-22-16/h5-10,12,14,17-18,23H,2-4,11H2,1H3,(H,21,24)/t14-,17-,18-/m1/s1. The summed E-state index contributed by atoms with van der Waals surface area (Å²) in [5.74, 6) is 0.478. The van der Waals surface area contributed by atoms with E-state index in [1.54, 1.807) is 6.07 Å². The molecule has 25 heavy (non-hydrogen) atoms. The van der Waals surface area contributed by atoms with Crippen LogP contribution in [0.4, 0.5) is 0 Å². The van der Waals surface area contributed by atoms with E-state index < -0.39 is 6.10 Å². The van der Waals surface area contributed by atoms with Crippen LogP contribution in [0.25, 0.3) is 0 Å². The molecule has 3 rings (SSSR count). The van der Waals surface area contributed by atoms with E-state index in [-0.39, 0.29) is 17.9 Å². The lowest BCUT2D eigenvalue weighted by molar-refractivity contribution is -0.0301. The number of nitrogens with one attached hydrogen (secondary N) is 1. The van der Waals surface area contributed by atoms with Crippen LogP contribution in [0.2, 0.25) is 0 Å². The molecule has 3 atom stereocenters. The van der Waals surface area contributed by atoms with Crippen LogP contribution in [-0.2, 0) is 0 Å². The van der Waals surface area contributed by atoms with E-state index in [0.717, 1.165) is 25.0 Å². The molecule has 1 saturated carbocycles. The van der Waals surface area contributed by atoms with Gasteiger partial charge in [-0.25, -0.2) is 9.97 Å². The number of hydrogen-bond donors (Lipinski definition) is 2. The summed E-state index contributed by atoms with van der Waals surface area (Å²) in [5, 5.41) is 13.5. The van der Waals surface area contributed by atoms with E-state index in [4.69, 9.17) is 4.74 Å². The number of carbonyl (C=O) groups excluding carboxylic acids is 1. The second-order valence-corrected chi connectivity index (χ2v) is 6.46. The molecule has 1 fully saturated rings. The van der Waals surface area contributed by atoms with Gasteiger partial charge in [0, 0.05) is 18.7 Å². The zero-order valence-electron chi connectivity index (χ0n) is 14.3. The minimum absolute atomic E-state index is 0.0324. The van der Waals surface area contributed by atoms with Gasteiger partial charge in [0.25, 0.3) is 5.91 Å². The molecule has 2 aromatic rings. The Kier molecular flexibility index (Phi) is 5.60. The second kappa shape index (κ2) is 8.07. The van der Waals surface area contributed by atoms with Crippen LogP contribution >= 0.6 is 0 Å². The summed E-state index contributed by atoms with van der Waals surface area (Å²) in [5.41, 5.74) is 1.50. The molecule has 2 N–H and O–H groups in total. The van der Waals surface area contributed by atoms with Crippen LogP contribution in [0, 0.1) is 12.8 Å². The molecule has 1 amide bonds. The van der Waals surface area contributed by atoms with Gasteiger partial charge in [0.2, 0.25) is 0 Å². The summed E-state index contributed by atoms with van der Waals surface area (Å²) in [6, 6.07) is 9.38. The number of nitrogens with zero attached hydrogens (tertiary/aromatic N) is 2. The quantitative estimate of drug-likeness (QED) is 0.870. The minimum atomic E-state index is -0.610. The Morgan fingerprint density at radius 3 is 2.80 bits per heavy atom. The van der Waals surface area contributed by atoms with E-state index in [0.29, 0.717) is 12.2 Å². The third-order valence-electron chi connectivity index (χ3n) is 4.58. The van der Waals surface area contributed by atoms with Crippen molar-refractivity contribution in [3.05, 3.63) is 54.1 Å². The van der Waals surface area contributed by atoms with Crippen LogP contribution in [0.3, 0.4) is 0 Å². The number of rotatable bonds is 5. The zero-order valence-corrected chi connectivity index (χ0v) is 14.3. The maximum absolute atomic E-state index is 12.1. The first-order chi connectivity index (χ1) is 12.1. The number of aryl methyl sites for hydroxylation is 1. The smallest absolute Gasteiger partial charge is 0.270 e. The van der Waals surface area contributed by atoms with Crippen molar-refractivity contribution in [1.82, 2.24) is 15.3 Å². The van der Waals surface area contributed by atoms with E-state index in [9.17, 15) is 9.90 Å². The van der Waals surface area contributed by atoms with E-state index >= 15 is 0 Å². The van der Waals surface area contributed by atoms with Gasteiger partial charge in [-0.1, -0.05) is 17.7 Å². The van der Waals surface area contributed by atoms with Gasteiger partial charge in [0.05, 0.1) is 6.10 Å². The van der Waals surface area contributed by atoms with Crippen molar-refractivity contribution in [2.75, 3.05) is 6.54 Å². The molecule has 1 heterocycles. The largest absolute Gasteiger partial charge is 0.488 e. The summed E-state index contributed by atoms with van der Waals surface area (Å²) >= 11 is 0. The van der Waals surface area contributed by atoms with Gasteiger partial charge in [0.15, 0.2) is 0 Å². The van der Waals surface area contributed by atoms with Gasteiger partial charge < -0.3 is 15.2 Å². The lowest BCUT2D eigenvalue weighted by Crippen LogP contribution is -2.45. The second-order valence-electron chi connectivity index (χ2n) is 6.46. The zero-order chi connectivity index (χ0) is 17.6. The Hall–Kier alpha value is -2.47. The third-order valence-corrected chi connectivity index (χ3v) is 4.58. The number of amides is 1.